The molecule has 2 heteroatoms. The second kappa shape index (κ2) is 14.2. The molecule has 0 aliphatic heterocycles. The fourth-order valence-corrected chi connectivity index (χ4v) is 17.4. The Morgan fingerprint density at radius 3 is 2.08 bits per heavy atom. The maximum Gasteiger partial charge on any atom is 0.0867 e. The minimum atomic E-state index is 0.116. The van der Waals surface area contributed by atoms with Crippen LogP contribution in [0.25, 0.3) is 0 Å². The number of nitrogens with zero attached hydrogens (tertiary/aromatic N) is 1. The maximum absolute atomic E-state index is 12.5. The molecule has 18 atom stereocenters. The highest BCUT2D eigenvalue weighted by molar-refractivity contribution is 5.13. The number of unbranched alkanes of at least 4 members (excludes halogenated alkanes) is 2. The van der Waals surface area contributed by atoms with E-state index in [1.807, 2.05) is 0 Å². The van der Waals surface area contributed by atoms with E-state index in [0.717, 1.165) is 94.7 Å². The number of hydrogen-bond acceptors (Lipinski definition) is 2. The summed E-state index contributed by atoms with van der Waals surface area (Å²) in [7, 11) is 0. The molecule has 0 spiro atoms. The first-order chi connectivity index (χ1) is 24.4. The predicted octanol–water partition coefficient (Wildman–Crippen LogP) is 13.7. The van der Waals surface area contributed by atoms with Gasteiger partial charge in [-0.05, 0) is 215 Å². The van der Waals surface area contributed by atoms with Gasteiger partial charge in [0.2, 0.25) is 0 Å². The van der Waals surface area contributed by atoms with E-state index < -0.39 is 0 Å². The lowest BCUT2D eigenvalue weighted by Gasteiger charge is -2.68. The number of allylic oxidation sites excluding steroid dienone is 2. The topological polar surface area (TPSA) is 29.4 Å². The van der Waals surface area contributed by atoms with E-state index in [9.17, 15) is 4.91 Å². The number of nitroso groups, excluding NO2 is 1. The average Bonchev–Trinajstić information content (AvgIpc) is 3.16. The van der Waals surface area contributed by atoms with Gasteiger partial charge in [-0.2, -0.15) is 4.91 Å². The van der Waals surface area contributed by atoms with Crippen LogP contribution in [0, 0.1) is 110 Å². The summed E-state index contributed by atoms with van der Waals surface area (Å²) < 4.78 is 0. The molecule has 7 fully saturated rings. The highest BCUT2D eigenvalue weighted by Crippen LogP contribution is 2.70. The van der Waals surface area contributed by atoms with Gasteiger partial charge in [-0.25, -0.2) is 0 Å². The van der Waals surface area contributed by atoms with Crippen LogP contribution in [-0.2, 0) is 0 Å². The lowest BCUT2D eigenvalue weighted by Crippen LogP contribution is -2.62. The standard InChI is InChI=1S/C48H77NO/c1-4-5-8-23-47(2)29-38-18-17-37-25-34(38)16-14-33-13-11-32-12-15-35-27-44(46-42-20-19-41(42)45(37)46)48(3,30-49-50)28-31-9-6-7-10-36(26-39(35)24-31)40(32)21-22-43(33)47/h11,13,31-46H,4-10,12,14-30H2,1-3H3/b13-11-/t31?,32?,33?,34?,35?,36?,37?,38?,39?,40?,41?,42?,43?,44?,45?,46?,47-,48+/m0/s1. The third-order valence-electron chi connectivity index (χ3n) is 19.8. The largest absolute Gasteiger partial charge is 0.151 e. The molecule has 0 aromatic rings. The first-order valence-electron chi connectivity index (χ1n) is 23.3. The number of fused-ring (bicyclic) bond motifs is 13. The molecular formula is C48H77NO. The van der Waals surface area contributed by atoms with Crippen molar-refractivity contribution in [3.8, 4) is 0 Å². The fourth-order valence-electron chi connectivity index (χ4n) is 17.4. The van der Waals surface area contributed by atoms with Crippen LogP contribution >= 0.6 is 0 Å². The van der Waals surface area contributed by atoms with Crippen LogP contribution in [0.3, 0.4) is 0 Å². The number of hydrogen-bond donors (Lipinski definition) is 0. The Hall–Kier alpha value is -0.660. The van der Waals surface area contributed by atoms with Crippen LogP contribution in [0.2, 0.25) is 0 Å². The molecule has 0 aromatic heterocycles. The Kier molecular flexibility index (Phi) is 9.96. The molecule has 0 amide bonds. The minimum absolute atomic E-state index is 0.116. The van der Waals surface area contributed by atoms with Gasteiger partial charge in [0.05, 0.1) is 6.54 Å². The molecule has 0 radical (unpaired) electrons. The summed E-state index contributed by atoms with van der Waals surface area (Å²) in [6, 6.07) is 0. The van der Waals surface area contributed by atoms with E-state index in [2.05, 4.69) is 38.1 Å². The zero-order valence-electron chi connectivity index (χ0n) is 32.9. The SMILES string of the molecule is CCCCC[C@@]1(C)CC2CCC3CC2CCC2/C=C\C4CCC5CC(C6C7CCC7C36)[C@@](C)(CN=O)CC3CCCCC(CC5C3)C4CCC21. The van der Waals surface area contributed by atoms with Gasteiger partial charge in [-0.15, -0.1) is 0 Å². The van der Waals surface area contributed by atoms with Gasteiger partial charge in [0.25, 0.3) is 0 Å². The van der Waals surface area contributed by atoms with E-state index in [1.54, 1.807) is 12.8 Å². The van der Waals surface area contributed by atoms with Crippen molar-refractivity contribution in [2.75, 3.05) is 6.54 Å². The molecule has 9 rings (SSSR count). The molecule has 0 N–H and O–H groups in total. The van der Waals surface area contributed by atoms with Crippen molar-refractivity contribution in [2.24, 2.45) is 111 Å². The molecule has 9 aliphatic rings. The van der Waals surface area contributed by atoms with Crippen molar-refractivity contribution in [3.05, 3.63) is 17.1 Å². The van der Waals surface area contributed by atoms with Crippen molar-refractivity contribution in [1.29, 1.82) is 0 Å². The second-order valence-corrected chi connectivity index (χ2v) is 22.1. The molecule has 2 nitrogen and oxygen atoms in total. The molecule has 7 saturated carbocycles. The molecule has 0 heterocycles. The predicted molar refractivity (Wildman–Crippen MR) is 208 cm³/mol. The van der Waals surface area contributed by atoms with Gasteiger partial charge in [-0.3, -0.25) is 0 Å². The van der Waals surface area contributed by atoms with Gasteiger partial charge in [0.15, 0.2) is 0 Å². The Bertz CT molecular complexity index is 1220. The first kappa shape index (κ1) is 35.1. The zero-order valence-corrected chi connectivity index (χ0v) is 32.9. The van der Waals surface area contributed by atoms with Crippen molar-refractivity contribution in [3.63, 3.8) is 0 Å². The second-order valence-electron chi connectivity index (χ2n) is 22.1. The van der Waals surface area contributed by atoms with Crippen LogP contribution in [0.15, 0.2) is 17.3 Å². The smallest absolute Gasteiger partial charge is 0.0867 e. The zero-order chi connectivity index (χ0) is 34.0. The third kappa shape index (κ3) is 6.17. The fraction of sp³-hybridized carbons (Fsp3) is 0.958. The first-order valence-corrected chi connectivity index (χ1v) is 23.3. The van der Waals surface area contributed by atoms with E-state index in [-0.39, 0.29) is 5.41 Å². The molecule has 280 valence electrons. The molecule has 0 saturated heterocycles. The summed E-state index contributed by atoms with van der Waals surface area (Å²) in [5, 5.41) is 3.86. The lowest BCUT2D eigenvalue weighted by atomic mass is 9.37. The van der Waals surface area contributed by atoms with E-state index in [0.29, 0.717) is 12.0 Å². The molecule has 16 unspecified atom stereocenters. The van der Waals surface area contributed by atoms with Crippen LogP contribution in [0.1, 0.15) is 175 Å². The molecule has 9 aliphatic carbocycles. The molecular weight excluding hydrogens is 607 g/mol. The quantitative estimate of drug-likeness (QED) is 0.156. The summed E-state index contributed by atoms with van der Waals surface area (Å²) in [4.78, 5) is 12.5. The van der Waals surface area contributed by atoms with E-state index >= 15 is 0 Å². The molecule has 50 heavy (non-hydrogen) atoms. The summed E-state index contributed by atoms with van der Waals surface area (Å²) in [5.41, 5.74) is 0.637. The van der Waals surface area contributed by atoms with Gasteiger partial charge in [0.1, 0.15) is 0 Å². The molecule has 0 aromatic carbocycles. The summed E-state index contributed by atoms with van der Waals surface area (Å²) in [6.45, 7) is 8.48. The van der Waals surface area contributed by atoms with Gasteiger partial charge in [-0.1, -0.05) is 83.0 Å². The van der Waals surface area contributed by atoms with Gasteiger partial charge >= 0.3 is 0 Å². The van der Waals surface area contributed by atoms with Crippen molar-refractivity contribution < 1.29 is 0 Å². The monoisotopic (exact) mass is 684 g/mol. The Morgan fingerprint density at radius 1 is 0.560 bits per heavy atom. The highest BCUT2D eigenvalue weighted by atomic mass is 16.3. The van der Waals surface area contributed by atoms with Crippen LogP contribution in [-0.4, -0.2) is 6.54 Å². The van der Waals surface area contributed by atoms with Crippen molar-refractivity contribution in [1.82, 2.24) is 0 Å². The Balaban J connectivity index is 1.17. The minimum Gasteiger partial charge on any atom is -0.151 e. The van der Waals surface area contributed by atoms with Crippen LogP contribution in [0.5, 0.6) is 0 Å². The van der Waals surface area contributed by atoms with Gasteiger partial charge in [0, 0.05) is 0 Å². The normalized spacial score (nSPS) is 54.7. The van der Waals surface area contributed by atoms with E-state index in [4.69, 9.17) is 0 Å². The molecule has 9 bridgehead atoms. The highest BCUT2D eigenvalue weighted by Gasteiger charge is 2.63. The Labute approximate surface area is 308 Å². The van der Waals surface area contributed by atoms with Crippen LogP contribution in [0.4, 0.5) is 0 Å². The summed E-state index contributed by atoms with van der Waals surface area (Å²) in [5.74, 6) is 14.6. The van der Waals surface area contributed by atoms with E-state index in [1.165, 1.54) is 141 Å². The van der Waals surface area contributed by atoms with Crippen molar-refractivity contribution in [2.45, 2.75) is 175 Å². The number of rotatable bonds is 6. The Morgan fingerprint density at radius 2 is 1.26 bits per heavy atom. The van der Waals surface area contributed by atoms with Gasteiger partial charge < -0.3 is 0 Å². The summed E-state index contributed by atoms with van der Waals surface area (Å²) in [6.07, 6.45) is 41.3. The lowest BCUT2D eigenvalue weighted by molar-refractivity contribution is -0.194. The maximum atomic E-state index is 12.5. The summed E-state index contributed by atoms with van der Waals surface area (Å²) >= 11 is 0. The van der Waals surface area contributed by atoms with Crippen LogP contribution < -0.4 is 0 Å². The third-order valence-corrected chi connectivity index (χ3v) is 19.8. The van der Waals surface area contributed by atoms with Crippen molar-refractivity contribution >= 4 is 0 Å². The average molecular weight is 684 g/mol.